The van der Waals surface area contributed by atoms with Crippen molar-refractivity contribution in [2.75, 3.05) is 13.1 Å². The number of hydrogen-bond donors (Lipinski definition) is 2. The third kappa shape index (κ3) is 7.53. The molecule has 6 nitrogen and oxygen atoms in total. The maximum absolute atomic E-state index is 13.9. The number of aromatic amines is 2. The summed E-state index contributed by atoms with van der Waals surface area (Å²) in [6.45, 7) is 0.367. The van der Waals surface area contributed by atoms with Gasteiger partial charge < -0.3 is 4.74 Å². The smallest absolute Gasteiger partial charge is 0.373 e. The summed E-state index contributed by atoms with van der Waals surface area (Å²) in [5.74, 6) is -1.64. The molecule has 0 spiro atoms. The molecule has 0 aliphatic carbocycles. The van der Waals surface area contributed by atoms with Crippen LogP contribution < -0.4 is 5.69 Å². The highest BCUT2D eigenvalue weighted by atomic mass is 19.4. The Hall–Kier alpha value is -4.04. The van der Waals surface area contributed by atoms with Crippen molar-refractivity contribution >= 4 is 0 Å². The molecule has 14 heteroatoms. The Morgan fingerprint density at radius 2 is 1.41 bits per heavy atom. The number of piperidine rings is 1. The van der Waals surface area contributed by atoms with Crippen molar-refractivity contribution in [3.8, 4) is 0 Å². The summed E-state index contributed by atoms with van der Waals surface area (Å²) in [5, 5.41) is 6.22. The molecule has 1 saturated heterocycles. The Bertz CT molecular complexity index is 1540. The molecule has 234 valence electrons. The third-order valence-electron chi connectivity index (χ3n) is 7.60. The molecule has 4 aromatic rings. The van der Waals surface area contributed by atoms with Gasteiger partial charge in [0.1, 0.15) is 17.5 Å². The molecule has 0 saturated carbocycles. The lowest BCUT2D eigenvalue weighted by atomic mass is 9.75. The lowest BCUT2D eigenvalue weighted by molar-refractivity contribution is -0.143. The van der Waals surface area contributed by atoms with Crippen LogP contribution in [0.4, 0.5) is 35.1 Å². The zero-order chi connectivity index (χ0) is 31.6. The van der Waals surface area contributed by atoms with Crippen LogP contribution in [0.1, 0.15) is 46.0 Å². The summed E-state index contributed by atoms with van der Waals surface area (Å²) in [6.07, 6.45) is -10.4. The van der Waals surface area contributed by atoms with Gasteiger partial charge in [0.2, 0.25) is 0 Å². The van der Waals surface area contributed by atoms with E-state index >= 15 is 0 Å². The van der Waals surface area contributed by atoms with E-state index in [9.17, 15) is 39.9 Å². The first-order valence-corrected chi connectivity index (χ1v) is 13.5. The zero-order valence-corrected chi connectivity index (χ0v) is 22.9. The van der Waals surface area contributed by atoms with Gasteiger partial charge in [-0.05, 0) is 65.6 Å². The summed E-state index contributed by atoms with van der Waals surface area (Å²) in [5.41, 5.74) is -2.40. The highest BCUT2D eigenvalue weighted by molar-refractivity contribution is 5.35. The number of benzene rings is 3. The quantitative estimate of drug-likeness (QED) is 0.215. The number of H-pyrrole nitrogens is 2. The monoisotopic (exact) mass is 626 g/mol. The van der Waals surface area contributed by atoms with Gasteiger partial charge in [0, 0.05) is 24.9 Å². The topological polar surface area (TPSA) is 74.0 Å². The zero-order valence-electron chi connectivity index (χ0n) is 22.9. The second-order valence-electron chi connectivity index (χ2n) is 10.7. The molecule has 3 aromatic carbocycles. The van der Waals surface area contributed by atoms with Gasteiger partial charge in [-0.15, -0.1) is 0 Å². The molecule has 0 bridgehead atoms. The maximum atomic E-state index is 13.9. The molecular weight excluding hydrogens is 600 g/mol. The number of nitrogens with zero attached hydrogens (tertiary/aromatic N) is 2. The van der Waals surface area contributed by atoms with Crippen molar-refractivity contribution in [2.45, 2.75) is 43.9 Å². The Morgan fingerprint density at radius 3 is 1.89 bits per heavy atom. The van der Waals surface area contributed by atoms with E-state index in [1.807, 2.05) is 4.90 Å². The molecule has 44 heavy (non-hydrogen) atoms. The van der Waals surface area contributed by atoms with Gasteiger partial charge in [0.25, 0.3) is 0 Å². The second-order valence-corrected chi connectivity index (χ2v) is 10.7. The predicted octanol–water partition coefficient (Wildman–Crippen LogP) is 6.65. The first-order valence-electron chi connectivity index (χ1n) is 13.5. The minimum atomic E-state index is -5.01. The van der Waals surface area contributed by atoms with E-state index in [2.05, 4.69) is 15.2 Å². The normalized spacial score (nSPS) is 18.2. The molecule has 2 atom stereocenters. The van der Waals surface area contributed by atoms with Crippen molar-refractivity contribution in [1.29, 1.82) is 0 Å². The fraction of sp³-hybridized carbons (Fsp3) is 0.333. The van der Waals surface area contributed by atoms with Gasteiger partial charge >= 0.3 is 18.0 Å². The lowest BCUT2D eigenvalue weighted by Gasteiger charge is -2.42. The van der Waals surface area contributed by atoms with Crippen LogP contribution in [0.3, 0.4) is 0 Å². The van der Waals surface area contributed by atoms with Gasteiger partial charge in [0.05, 0.1) is 30.4 Å². The van der Waals surface area contributed by atoms with Crippen LogP contribution in [0.2, 0.25) is 0 Å². The Balaban J connectivity index is 1.50. The fourth-order valence-electron chi connectivity index (χ4n) is 5.63. The lowest BCUT2D eigenvalue weighted by Crippen LogP contribution is -2.46. The Kier molecular flexibility index (Phi) is 8.93. The standard InChI is InChI=1S/C30H26F8N4O2/c31-22-5-1-18(2-6-22)27(19-3-7-23(32)8-4-19)24-14-42(15-26-39-28(43)41-40-26)10-9-25(24)44-16-17-11-20(29(33,34)35)13-21(12-17)30(36,37)38/h1-8,11-13,24-25,27H,9-10,14-16H2,(H2,39,40,41,43)/t24-,25+/m1/s1. The average Bonchev–Trinajstić information content (AvgIpc) is 3.38. The number of nitrogens with one attached hydrogen (secondary N) is 2. The van der Waals surface area contributed by atoms with Crippen molar-refractivity contribution < 1.29 is 39.9 Å². The van der Waals surface area contributed by atoms with Crippen molar-refractivity contribution in [2.24, 2.45) is 5.92 Å². The highest BCUT2D eigenvalue weighted by Gasteiger charge is 2.39. The first kappa shape index (κ1) is 31.4. The van der Waals surface area contributed by atoms with E-state index in [-0.39, 0.29) is 24.7 Å². The van der Waals surface area contributed by atoms with E-state index in [0.29, 0.717) is 42.0 Å². The molecule has 5 rings (SSSR count). The molecule has 0 amide bonds. The van der Waals surface area contributed by atoms with Gasteiger partial charge in [-0.3, -0.25) is 9.88 Å². The van der Waals surface area contributed by atoms with E-state index in [0.717, 1.165) is 0 Å². The van der Waals surface area contributed by atoms with Crippen LogP contribution in [0.25, 0.3) is 0 Å². The van der Waals surface area contributed by atoms with Gasteiger partial charge in [0.15, 0.2) is 0 Å². The van der Waals surface area contributed by atoms with E-state index in [4.69, 9.17) is 4.74 Å². The molecule has 0 radical (unpaired) electrons. The largest absolute Gasteiger partial charge is 0.416 e. The number of likely N-dealkylation sites (tertiary alicyclic amines) is 1. The molecule has 2 N–H and O–H groups in total. The van der Waals surface area contributed by atoms with Crippen molar-refractivity contribution in [1.82, 2.24) is 20.1 Å². The molecule has 1 aliphatic rings. The van der Waals surface area contributed by atoms with Crippen molar-refractivity contribution in [3.05, 3.63) is 122 Å². The van der Waals surface area contributed by atoms with Gasteiger partial charge in [-0.1, -0.05) is 24.3 Å². The van der Waals surface area contributed by atoms with Crippen LogP contribution >= 0.6 is 0 Å². The molecule has 1 aromatic heterocycles. The molecular formula is C30H26F8N4O2. The number of rotatable bonds is 8. The maximum Gasteiger partial charge on any atom is 0.416 e. The van der Waals surface area contributed by atoms with Crippen LogP contribution in [-0.2, 0) is 30.2 Å². The molecule has 2 heterocycles. The average molecular weight is 627 g/mol. The molecule has 1 fully saturated rings. The number of ether oxygens (including phenoxy) is 1. The minimum absolute atomic E-state index is 0.0588. The van der Waals surface area contributed by atoms with Crippen molar-refractivity contribution in [3.63, 3.8) is 0 Å². The van der Waals surface area contributed by atoms with Crippen LogP contribution in [0.5, 0.6) is 0 Å². The molecule has 0 unspecified atom stereocenters. The fourth-order valence-corrected chi connectivity index (χ4v) is 5.63. The van der Waals surface area contributed by atoms with Crippen LogP contribution in [0, 0.1) is 17.6 Å². The van der Waals surface area contributed by atoms with Gasteiger partial charge in [-0.2, -0.15) is 31.4 Å². The predicted molar refractivity (Wildman–Crippen MR) is 142 cm³/mol. The number of halogens is 8. The number of aromatic nitrogens is 3. The third-order valence-corrected chi connectivity index (χ3v) is 7.60. The second kappa shape index (κ2) is 12.5. The number of hydrogen-bond acceptors (Lipinski definition) is 4. The SMILES string of the molecule is O=c1[nH]nc(CN2CC[C@H](OCc3cc(C(F)(F)F)cc(C(F)(F)F)c3)[C@H](C(c3ccc(F)cc3)c3ccc(F)cc3)C2)[nH]1. The summed E-state index contributed by atoms with van der Waals surface area (Å²) < 4.78 is 115. The highest BCUT2D eigenvalue weighted by Crippen LogP contribution is 2.40. The first-order chi connectivity index (χ1) is 20.8. The van der Waals surface area contributed by atoms with Gasteiger partial charge in [-0.25, -0.2) is 18.7 Å². The van der Waals surface area contributed by atoms with E-state index in [1.54, 1.807) is 24.3 Å². The van der Waals surface area contributed by atoms with Crippen LogP contribution in [-0.4, -0.2) is 39.3 Å². The summed E-state index contributed by atoms with van der Waals surface area (Å²) in [4.78, 5) is 16.1. The number of alkyl halides is 6. The summed E-state index contributed by atoms with van der Waals surface area (Å²) >= 11 is 0. The minimum Gasteiger partial charge on any atom is -0.373 e. The molecule has 1 aliphatic heterocycles. The Labute approximate surface area is 245 Å². The van der Waals surface area contributed by atoms with E-state index < -0.39 is 65.4 Å². The summed E-state index contributed by atoms with van der Waals surface area (Å²) in [7, 11) is 0. The Morgan fingerprint density at radius 1 is 0.864 bits per heavy atom. The summed E-state index contributed by atoms with van der Waals surface area (Å²) in [6, 6.07) is 12.6. The van der Waals surface area contributed by atoms with Crippen LogP contribution in [0.15, 0.2) is 71.5 Å². The van der Waals surface area contributed by atoms with E-state index in [1.165, 1.54) is 24.3 Å².